The maximum Gasteiger partial charge on any atom is 0.514 e. The van der Waals surface area contributed by atoms with Crippen LogP contribution in [0.5, 0.6) is 5.88 Å². The second-order valence-electron chi connectivity index (χ2n) is 4.20. The molecule has 0 N–H and O–H groups in total. The molecule has 3 rings (SSSR count). The normalized spacial score (nSPS) is 10.7. The summed E-state index contributed by atoms with van der Waals surface area (Å²) in [6, 6.07) is 7.83. The fourth-order valence-electron chi connectivity index (χ4n) is 2.09. The van der Waals surface area contributed by atoms with Crippen LogP contribution in [0.25, 0.3) is 22.0 Å². The molecule has 2 aromatic heterocycles. The van der Waals surface area contributed by atoms with E-state index in [-0.39, 0.29) is 0 Å². The van der Waals surface area contributed by atoms with Crippen molar-refractivity contribution in [2.24, 2.45) is 7.05 Å². The van der Waals surface area contributed by atoms with E-state index in [4.69, 9.17) is 4.74 Å². The Morgan fingerprint density at radius 1 is 1.35 bits per heavy atom. The molecule has 0 atom stereocenters. The van der Waals surface area contributed by atoms with E-state index in [1.807, 2.05) is 29.6 Å². The molecule has 0 aliphatic heterocycles. The van der Waals surface area contributed by atoms with E-state index in [1.54, 1.807) is 18.4 Å². The van der Waals surface area contributed by atoms with Gasteiger partial charge in [0.25, 0.3) is 0 Å². The number of aryl methyl sites for hydroxylation is 1. The largest absolute Gasteiger partial charge is 0.514 e. The molecular weight excluding hydrogens is 276 g/mol. The number of fused-ring (bicyclic) bond motifs is 1. The molecule has 0 aliphatic rings. The molecule has 0 saturated heterocycles. The second-order valence-corrected chi connectivity index (χ2v) is 4.98. The molecule has 0 aliphatic carbocycles. The van der Waals surface area contributed by atoms with Crippen molar-refractivity contribution in [3.8, 4) is 17.0 Å². The number of hydrogen-bond acceptors (Lipinski definition) is 5. The average molecular weight is 288 g/mol. The van der Waals surface area contributed by atoms with Crippen LogP contribution >= 0.6 is 11.3 Å². The third-order valence-corrected chi connectivity index (χ3v) is 3.67. The van der Waals surface area contributed by atoms with Crippen LogP contribution < -0.4 is 4.74 Å². The summed E-state index contributed by atoms with van der Waals surface area (Å²) in [6.07, 6.45) is -0.754. The Bertz CT molecular complexity index is 762. The first-order valence-corrected chi connectivity index (χ1v) is 6.89. The molecule has 2 heterocycles. The van der Waals surface area contributed by atoms with Crippen molar-refractivity contribution < 1.29 is 14.3 Å². The minimum atomic E-state index is -0.754. The van der Waals surface area contributed by atoms with Gasteiger partial charge in [-0.1, -0.05) is 12.1 Å². The van der Waals surface area contributed by atoms with E-state index in [0.29, 0.717) is 5.88 Å². The van der Waals surface area contributed by atoms with E-state index in [9.17, 15) is 4.79 Å². The van der Waals surface area contributed by atoms with Crippen molar-refractivity contribution in [3.05, 3.63) is 35.0 Å². The summed E-state index contributed by atoms with van der Waals surface area (Å²) >= 11 is 1.63. The number of ether oxygens (including phenoxy) is 2. The van der Waals surface area contributed by atoms with Gasteiger partial charge in [0, 0.05) is 12.6 Å². The molecule has 6 heteroatoms. The Morgan fingerprint density at radius 3 is 2.90 bits per heavy atom. The van der Waals surface area contributed by atoms with Crippen molar-refractivity contribution in [3.63, 3.8) is 0 Å². The molecule has 102 valence electrons. The number of rotatable bonds is 2. The van der Waals surface area contributed by atoms with Gasteiger partial charge in [-0.15, -0.1) is 0 Å². The van der Waals surface area contributed by atoms with Crippen LogP contribution in [-0.4, -0.2) is 23.0 Å². The van der Waals surface area contributed by atoms with Crippen LogP contribution in [0.3, 0.4) is 0 Å². The number of thiophene rings is 1. The van der Waals surface area contributed by atoms with E-state index in [2.05, 4.69) is 15.2 Å². The van der Waals surface area contributed by atoms with Crippen LogP contribution in [0.15, 0.2) is 35.0 Å². The standard InChI is InChI=1S/C14H12N2O3S/c1-16-13(19-14(17)18-2)11-5-3-4-10(12(11)15-16)9-6-7-20-8-9/h3-8H,1-2H3. The Kier molecular flexibility index (Phi) is 3.15. The number of hydrogen-bond donors (Lipinski definition) is 0. The van der Waals surface area contributed by atoms with E-state index in [0.717, 1.165) is 22.0 Å². The van der Waals surface area contributed by atoms with Gasteiger partial charge in [0.1, 0.15) is 5.52 Å². The summed E-state index contributed by atoms with van der Waals surface area (Å²) in [5, 5.41) is 9.30. The van der Waals surface area contributed by atoms with Gasteiger partial charge in [0.15, 0.2) is 0 Å². The predicted octanol–water partition coefficient (Wildman–Crippen LogP) is 3.45. The Balaban J connectivity index is 2.18. The Morgan fingerprint density at radius 2 is 2.20 bits per heavy atom. The average Bonchev–Trinajstić information content (AvgIpc) is 3.07. The van der Waals surface area contributed by atoms with E-state index in [1.165, 1.54) is 11.8 Å². The van der Waals surface area contributed by atoms with Gasteiger partial charge >= 0.3 is 6.16 Å². The first-order valence-electron chi connectivity index (χ1n) is 5.95. The molecule has 0 spiro atoms. The summed E-state index contributed by atoms with van der Waals surface area (Å²) in [5.41, 5.74) is 2.91. The molecule has 20 heavy (non-hydrogen) atoms. The maximum atomic E-state index is 11.3. The first-order chi connectivity index (χ1) is 9.70. The number of nitrogens with zero attached hydrogens (tertiary/aromatic N) is 2. The van der Waals surface area contributed by atoms with E-state index >= 15 is 0 Å². The van der Waals surface area contributed by atoms with Crippen LogP contribution in [0.1, 0.15) is 0 Å². The fraction of sp³-hybridized carbons (Fsp3) is 0.143. The summed E-state index contributed by atoms with van der Waals surface area (Å²) in [5.74, 6) is 0.379. The smallest absolute Gasteiger partial charge is 0.437 e. The van der Waals surface area contributed by atoms with Crippen LogP contribution in [0, 0.1) is 0 Å². The third kappa shape index (κ3) is 2.04. The van der Waals surface area contributed by atoms with Crippen molar-refractivity contribution in [2.75, 3.05) is 7.11 Å². The zero-order valence-corrected chi connectivity index (χ0v) is 11.8. The summed E-state index contributed by atoms with van der Waals surface area (Å²) in [6.45, 7) is 0. The summed E-state index contributed by atoms with van der Waals surface area (Å²) in [7, 11) is 3.01. The van der Waals surface area contributed by atoms with Gasteiger partial charge < -0.3 is 9.47 Å². The highest BCUT2D eigenvalue weighted by Gasteiger charge is 2.17. The summed E-state index contributed by atoms with van der Waals surface area (Å²) < 4.78 is 11.2. The quantitative estimate of drug-likeness (QED) is 0.678. The van der Waals surface area contributed by atoms with Gasteiger partial charge in [-0.3, -0.25) is 0 Å². The maximum absolute atomic E-state index is 11.3. The molecule has 1 aromatic carbocycles. The topological polar surface area (TPSA) is 53.4 Å². The lowest BCUT2D eigenvalue weighted by molar-refractivity contribution is 0.118. The number of carbonyl (C=O) groups excluding carboxylic acids is 1. The molecular formula is C14H12N2O3S. The van der Waals surface area contributed by atoms with E-state index < -0.39 is 6.16 Å². The Hall–Kier alpha value is -2.34. The highest BCUT2D eigenvalue weighted by molar-refractivity contribution is 7.08. The van der Waals surface area contributed by atoms with Crippen molar-refractivity contribution in [1.29, 1.82) is 0 Å². The van der Waals surface area contributed by atoms with Crippen LogP contribution in [0.4, 0.5) is 4.79 Å². The SMILES string of the molecule is COC(=O)Oc1c2cccc(-c3ccsc3)c2nn1C. The summed E-state index contributed by atoms with van der Waals surface area (Å²) in [4.78, 5) is 11.3. The second kappa shape index (κ2) is 4.97. The fourth-order valence-corrected chi connectivity index (χ4v) is 2.74. The zero-order valence-electron chi connectivity index (χ0n) is 11.0. The Labute approximate surface area is 119 Å². The van der Waals surface area contributed by atoms with Gasteiger partial charge in [0.2, 0.25) is 5.88 Å². The number of carbonyl (C=O) groups is 1. The molecule has 0 amide bonds. The highest BCUT2D eigenvalue weighted by Crippen LogP contribution is 2.33. The van der Waals surface area contributed by atoms with Crippen molar-refractivity contribution in [1.82, 2.24) is 9.78 Å². The van der Waals surface area contributed by atoms with Gasteiger partial charge in [0.05, 0.1) is 12.5 Å². The van der Waals surface area contributed by atoms with Gasteiger partial charge in [-0.2, -0.15) is 16.4 Å². The molecule has 0 unspecified atom stereocenters. The molecule has 3 aromatic rings. The molecule has 0 radical (unpaired) electrons. The highest BCUT2D eigenvalue weighted by atomic mass is 32.1. The van der Waals surface area contributed by atoms with Crippen molar-refractivity contribution >= 4 is 28.4 Å². The third-order valence-electron chi connectivity index (χ3n) is 2.99. The molecule has 5 nitrogen and oxygen atoms in total. The molecule has 0 fully saturated rings. The lowest BCUT2D eigenvalue weighted by atomic mass is 10.1. The van der Waals surface area contributed by atoms with Gasteiger partial charge in [-0.05, 0) is 28.5 Å². The van der Waals surface area contributed by atoms with Crippen LogP contribution in [-0.2, 0) is 11.8 Å². The first kappa shape index (κ1) is 12.7. The molecule has 0 bridgehead atoms. The number of benzene rings is 1. The minimum absolute atomic E-state index is 0.379. The molecule has 0 saturated carbocycles. The van der Waals surface area contributed by atoms with Crippen molar-refractivity contribution in [2.45, 2.75) is 0 Å². The monoisotopic (exact) mass is 288 g/mol. The lowest BCUT2D eigenvalue weighted by Crippen LogP contribution is -2.10. The number of methoxy groups -OCH3 is 1. The predicted molar refractivity (Wildman–Crippen MR) is 77.1 cm³/mol. The number of aromatic nitrogens is 2. The minimum Gasteiger partial charge on any atom is -0.437 e. The lowest BCUT2D eigenvalue weighted by Gasteiger charge is -2.02. The van der Waals surface area contributed by atoms with Crippen LogP contribution in [0.2, 0.25) is 0 Å². The van der Waals surface area contributed by atoms with Gasteiger partial charge in [-0.25, -0.2) is 9.48 Å². The zero-order chi connectivity index (χ0) is 14.1.